The Hall–Kier alpha value is -2.21. The summed E-state index contributed by atoms with van der Waals surface area (Å²) in [6, 6.07) is 7.68. The summed E-state index contributed by atoms with van der Waals surface area (Å²) in [6.45, 7) is 0.452. The van der Waals surface area contributed by atoms with E-state index in [0.29, 0.717) is 18.0 Å². The zero-order valence-corrected chi connectivity index (χ0v) is 14.3. The SMILES string of the molecule is O=C(c1ccc(-n2cnnc2)cc1)N1C[C@@H](O)C[C@H]1C1CCCCC1. The van der Waals surface area contributed by atoms with Crippen LogP contribution in [0.5, 0.6) is 0 Å². The van der Waals surface area contributed by atoms with Gasteiger partial charge in [0.15, 0.2) is 0 Å². The number of aliphatic hydroxyl groups is 1. The number of likely N-dealkylation sites (tertiary alicyclic amines) is 1. The summed E-state index contributed by atoms with van der Waals surface area (Å²) in [4.78, 5) is 14.9. The maximum Gasteiger partial charge on any atom is 0.254 e. The van der Waals surface area contributed by atoms with Crippen molar-refractivity contribution in [2.45, 2.75) is 50.7 Å². The first-order valence-electron chi connectivity index (χ1n) is 9.16. The van der Waals surface area contributed by atoms with E-state index in [1.54, 1.807) is 17.2 Å². The number of aromatic nitrogens is 3. The van der Waals surface area contributed by atoms with Gasteiger partial charge in [-0.2, -0.15) is 0 Å². The molecule has 2 fully saturated rings. The first kappa shape index (κ1) is 16.3. The number of benzene rings is 1. The van der Waals surface area contributed by atoms with Gasteiger partial charge >= 0.3 is 0 Å². The van der Waals surface area contributed by atoms with E-state index >= 15 is 0 Å². The van der Waals surface area contributed by atoms with E-state index in [0.717, 1.165) is 12.1 Å². The Balaban J connectivity index is 1.52. The molecule has 0 radical (unpaired) electrons. The summed E-state index contributed by atoms with van der Waals surface area (Å²) in [5, 5.41) is 17.8. The van der Waals surface area contributed by atoms with Crippen molar-refractivity contribution < 1.29 is 9.90 Å². The van der Waals surface area contributed by atoms with Crippen molar-refractivity contribution in [1.82, 2.24) is 19.7 Å². The van der Waals surface area contributed by atoms with Crippen LogP contribution in [0.1, 0.15) is 48.9 Å². The lowest BCUT2D eigenvalue weighted by molar-refractivity contribution is 0.0650. The summed E-state index contributed by atoms with van der Waals surface area (Å²) in [5.41, 5.74) is 1.60. The highest BCUT2D eigenvalue weighted by Crippen LogP contribution is 2.35. The molecule has 132 valence electrons. The van der Waals surface area contributed by atoms with Gasteiger partial charge in [-0.3, -0.25) is 9.36 Å². The highest BCUT2D eigenvalue weighted by molar-refractivity contribution is 5.94. The van der Waals surface area contributed by atoms with E-state index in [4.69, 9.17) is 0 Å². The van der Waals surface area contributed by atoms with Gasteiger partial charge in [-0.05, 0) is 49.4 Å². The van der Waals surface area contributed by atoms with Crippen molar-refractivity contribution in [2.24, 2.45) is 5.92 Å². The van der Waals surface area contributed by atoms with Crippen LogP contribution >= 0.6 is 0 Å². The molecular formula is C19H24N4O2. The van der Waals surface area contributed by atoms with Gasteiger partial charge in [0.25, 0.3) is 5.91 Å². The number of carbonyl (C=O) groups excluding carboxylic acids is 1. The van der Waals surface area contributed by atoms with Crippen molar-refractivity contribution in [3.8, 4) is 5.69 Å². The van der Waals surface area contributed by atoms with Crippen LogP contribution in [0.2, 0.25) is 0 Å². The number of carbonyl (C=O) groups is 1. The normalized spacial score (nSPS) is 24.6. The van der Waals surface area contributed by atoms with Crippen LogP contribution in [-0.4, -0.2) is 49.4 Å². The minimum Gasteiger partial charge on any atom is -0.391 e. The smallest absolute Gasteiger partial charge is 0.254 e. The summed E-state index contributed by atoms with van der Waals surface area (Å²) < 4.78 is 1.80. The Bertz CT molecular complexity index is 708. The van der Waals surface area contributed by atoms with Crippen molar-refractivity contribution in [2.75, 3.05) is 6.54 Å². The largest absolute Gasteiger partial charge is 0.391 e. The number of hydrogen-bond donors (Lipinski definition) is 1. The van der Waals surface area contributed by atoms with Crippen LogP contribution in [0.3, 0.4) is 0 Å². The molecular weight excluding hydrogens is 316 g/mol. The van der Waals surface area contributed by atoms with Gasteiger partial charge in [-0.25, -0.2) is 0 Å². The molecule has 2 atom stereocenters. The van der Waals surface area contributed by atoms with E-state index in [-0.39, 0.29) is 11.9 Å². The lowest BCUT2D eigenvalue weighted by atomic mass is 9.82. The lowest BCUT2D eigenvalue weighted by Gasteiger charge is -2.33. The minimum absolute atomic E-state index is 0.0300. The van der Waals surface area contributed by atoms with Gasteiger partial charge in [0.1, 0.15) is 12.7 Å². The lowest BCUT2D eigenvalue weighted by Crippen LogP contribution is -2.41. The molecule has 1 amide bonds. The maximum atomic E-state index is 13.0. The van der Waals surface area contributed by atoms with Crippen molar-refractivity contribution in [3.05, 3.63) is 42.5 Å². The number of rotatable bonds is 3. The predicted octanol–water partition coefficient (Wildman–Crippen LogP) is 2.42. The third-order valence-corrected chi connectivity index (χ3v) is 5.61. The second kappa shape index (κ2) is 6.96. The van der Waals surface area contributed by atoms with Crippen LogP contribution in [0.25, 0.3) is 5.69 Å². The topological polar surface area (TPSA) is 71.2 Å². The molecule has 1 saturated heterocycles. The van der Waals surface area contributed by atoms with Crippen LogP contribution in [0.4, 0.5) is 0 Å². The number of nitrogens with zero attached hydrogens (tertiary/aromatic N) is 4. The van der Waals surface area contributed by atoms with Crippen molar-refractivity contribution >= 4 is 5.91 Å². The fourth-order valence-corrected chi connectivity index (χ4v) is 4.32. The quantitative estimate of drug-likeness (QED) is 0.931. The Kier molecular flexibility index (Phi) is 4.53. The van der Waals surface area contributed by atoms with Crippen LogP contribution in [0, 0.1) is 5.92 Å². The van der Waals surface area contributed by atoms with E-state index in [1.807, 2.05) is 29.2 Å². The second-order valence-corrected chi connectivity index (χ2v) is 7.23. The fraction of sp³-hybridized carbons (Fsp3) is 0.526. The summed E-state index contributed by atoms with van der Waals surface area (Å²) >= 11 is 0. The molecule has 1 aliphatic heterocycles. The standard InChI is InChI=1S/C19H24N4O2/c24-17-10-18(14-4-2-1-3-5-14)23(11-17)19(25)15-6-8-16(9-7-15)22-12-20-21-13-22/h6-9,12-14,17-18,24H,1-5,10-11H2/t17-,18-/m0/s1. The van der Waals surface area contributed by atoms with Gasteiger partial charge in [-0.1, -0.05) is 19.3 Å². The Morgan fingerprint density at radius 3 is 2.40 bits per heavy atom. The second-order valence-electron chi connectivity index (χ2n) is 7.23. The predicted molar refractivity (Wildman–Crippen MR) is 93.4 cm³/mol. The fourth-order valence-electron chi connectivity index (χ4n) is 4.32. The number of hydrogen-bond acceptors (Lipinski definition) is 4. The van der Waals surface area contributed by atoms with E-state index in [1.165, 1.54) is 32.1 Å². The van der Waals surface area contributed by atoms with Crippen LogP contribution < -0.4 is 0 Å². The molecule has 4 rings (SSSR count). The summed E-state index contributed by atoms with van der Waals surface area (Å²) in [5.74, 6) is 0.563. The molecule has 1 aliphatic carbocycles. The molecule has 25 heavy (non-hydrogen) atoms. The number of amides is 1. The summed E-state index contributed by atoms with van der Waals surface area (Å²) in [6.07, 6.45) is 9.72. The van der Waals surface area contributed by atoms with Crippen LogP contribution in [-0.2, 0) is 0 Å². The van der Waals surface area contributed by atoms with Gasteiger partial charge in [0, 0.05) is 23.8 Å². The van der Waals surface area contributed by atoms with E-state index in [9.17, 15) is 9.90 Å². The van der Waals surface area contributed by atoms with Gasteiger partial charge in [-0.15, -0.1) is 10.2 Å². The van der Waals surface area contributed by atoms with Gasteiger partial charge in [0.2, 0.25) is 0 Å². The molecule has 6 heteroatoms. The Labute approximate surface area is 147 Å². The molecule has 1 N–H and O–H groups in total. The molecule has 1 saturated carbocycles. The molecule has 0 unspecified atom stereocenters. The monoisotopic (exact) mass is 340 g/mol. The first-order chi connectivity index (χ1) is 12.2. The highest BCUT2D eigenvalue weighted by Gasteiger charge is 2.39. The summed E-state index contributed by atoms with van der Waals surface area (Å²) in [7, 11) is 0. The molecule has 1 aromatic carbocycles. The first-order valence-corrected chi connectivity index (χ1v) is 9.16. The van der Waals surface area contributed by atoms with E-state index < -0.39 is 6.10 Å². The van der Waals surface area contributed by atoms with Gasteiger partial charge < -0.3 is 10.0 Å². The molecule has 2 aliphatic rings. The molecule has 0 spiro atoms. The average molecular weight is 340 g/mol. The van der Waals surface area contributed by atoms with Crippen molar-refractivity contribution in [1.29, 1.82) is 0 Å². The Morgan fingerprint density at radius 1 is 1.04 bits per heavy atom. The zero-order chi connectivity index (χ0) is 17.2. The highest BCUT2D eigenvalue weighted by atomic mass is 16.3. The molecule has 0 bridgehead atoms. The third-order valence-electron chi connectivity index (χ3n) is 5.61. The number of β-amino-alcohol motifs (C(OH)–C–C–N with tert-alkyl or cyclic N) is 1. The van der Waals surface area contributed by atoms with Gasteiger partial charge in [0.05, 0.1) is 6.10 Å². The molecule has 2 aromatic rings. The Morgan fingerprint density at radius 2 is 1.72 bits per heavy atom. The van der Waals surface area contributed by atoms with Crippen LogP contribution in [0.15, 0.2) is 36.9 Å². The minimum atomic E-state index is -0.396. The molecule has 6 nitrogen and oxygen atoms in total. The maximum absolute atomic E-state index is 13.0. The van der Waals surface area contributed by atoms with E-state index in [2.05, 4.69) is 10.2 Å². The average Bonchev–Trinajstić information content (AvgIpc) is 3.32. The zero-order valence-electron chi connectivity index (χ0n) is 14.3. The molecule has 2 heterocycles. The molecule has 1 aromatic heterocycles. The van der Waals surface area contributed by atoms with Crippen molar-refractivity contribution in [3.63, 3.8) is 0 Å². The number of aliphatic hydroxyl groups excluding tert-OH is 1. The third kappa shape index (κ3) is 3.31.